The van der Waals surface area contributed by atoms with Gasteiger partial charge in [0, 0.05) is 18.4 Å². The van der Waals surface area contributed by atoms with Crippen molar-refractivity contribution in [2.75, 3.05) is 18.6 Å². The Morgan fingerprint density at radius 3 is 2.48 bits per heavy atom. The Morgan fingerprint density at radius 2 is 1.84 bits per heavy atom. The lowest BCUT2D eigenvalue weighted by atomic mass is 9.88. The smallest absolute Gasteiger partial charge is 0.259 e. The van der Waals surface area contributed by atoms with E-state index in [0.29, 0.717) is 37.8 Å². The summed E-state index contributed by atoms with van der Waals surface area (Å²) in [5.41, 5.74) is -0.342. The van der Waals surface area contributed by atoms with Gasteiger partial charge in [0.25, 0.3) is 5.91 Å². The zero-order chi connectivity index (χ0) is 31.7. The first-order valence-electron chi connectivity index (χ1n) is 13.8. The van der Waals surface area contributed by atoms with Crippen molar-refractivity contribution in [2.24, 2.45) is 0 Å². The number of halogens is 4. The molecular weight excluding hydrogens is 590 g/mol. The molecule has 0 spiro atoms. The Kier molecular flexibility index (Phi) is 9.28. The summed E-state index contributed by atoms with van der Waals surface area (Å²) in [6.07, 6.45) is -3.54. The number of amides is 1. The van der Waals surface area contributed by atoms with E-state index in [-0.39, 0.29) is 22.5 Å². The van der Waals surface area contributed by atoms with Gasteiger partial charge >= 0.3 is 0 Å². The van der Waals surface area contributed by atoms with Crippen LogP contribution in [0.15, 0.2) is 36.5 Å². The Labute approximate surface area is 248 Å². The third kappa shape index (κ3) is 5.91. The number of aromatic nitrogens is 3. The van der Waals surface area contributed by atoms with E-state index in [1.54, 1.807) is 0 Å². The molecule has 1 amide bonds. The van der Waals surface area contributed by atoms with Gasteiger partial charge in [-0.2, -0.15) is 5.26 Å². The van der Waals surface area contributed by atoms with Crippen LogP contribution in [0.3, 0.4) is 0 Å². The lowest BCUT2D eigenvalue weighted by Gasteiger charge is -2.46. The summed E-state index contributed by atoms with van der Waals surface area (Å²) < 4.78 is 68.5. The maximum Gasteiger partial charge on any atom is 0.259 e. The summed E-state index contributed by atoms with van der Waals surface area (Å²) in [5, 5.41) is 49.4. The van der Waals surface area contributed by atoms with Crippen molar-refractivity contribution in [3.05, 3.63) is 65.4 Å². The number of benzene rings is 2. The predicted molar refractivity (Wildman–Crippen MR) is 144 cm³/mol. The lowest BCUT2D eigenvalue weighted by molar-refractivity contribution is -0.211. The van der Waals surface area contributed by atoms with Crippen molar-refractivity contribution in [1.29, 1.82) is 5.26 Å². The summed E-state index contributed by atoms with van der Waals surface area (Å²) in [7, 11) is 1.23. The van der Waals surface area contributed by atoms with Crippen LogP contribution in [0.5, 0.6) is 0 Å². The molecule has 1 aliphatic heterocycles. The van der Waals surface area contributed by atoms with Gasteiger partial charge in [0.2, 0.25) is 0 Å². The van der Waals surface area contributed by atoms with Crippen LogP contribution < -0.4 is 4.90 Å². The van der Waals surface area contributed by atoms with Crippen LogP contribution in [0.25, 0.3) is 11.3 Å². The standard InChI is InChI=1S/C29H29F4N5O6/c1-43-27-25(37-12-20(35-36-37)15-8-18(31)24(33)19(32)9-15)26(41)23(13-39)44-28(27)29(42)38(21-4-2-3-5-22(21)40)17-7-14(11-34)6-16(30)10-17/h6-10,12,21-23,25-28,39-41H,2-5,13H2,1H3/t21-,22-,23?,25?,26?,27?,28?/m0/s1. The number of carbonyl (C=O) groups excluding carboxylic acids is 1. The fraction of sp³-hybridized carbons (Fsp3) is 0.448. The van der Waals surface area contributed by atoms with Crippen LogP contribution in [0.1, 0.15) is 37.3 Å². The molecule has 2 heterocycles. The summed E-state index contributed by atoms with van der Waals surface area (Å²) in [6, 6.07) is 4.51. The molecule has 5 unspecified atom stereocenters. The van der Waals surface area contributed by atoms with E-state index < -0.39 is 78.4 Å². The highest BCUT2D eigenvalue weighted by molar-refractivity contribution is 5.98. The number of rotatable bonds is 7. The van der Waals surface area contributed by atoms with Crippen molar-refractivity contribution >= 4 is 11.6 Å². The van der Waals surface area contributed by atoms with Crippen LogP contribution in [-0.4, -0.2) is 86.5 Å². The first kappa shape index (κ1) is 31.5. The van der Waals surface area contributed by atoms with Crippen LogP contribution in [-0.2, 0) is 14.3 Å². The molecule has 1 saturated heterocycles. The topological polar surface area (TPSA) is 154 Å². The number of aliphatic hydroxyl groups is 3. The fourth-order valence-electron chi connectivity index (χ4n) is 5.91. The van der Waals surface area contributed by atoms with Gasteiger partial charge in [-0.25, -0.2) is 22.2 Å². The molecule has 7 atom stereocenters. The number of anilines is 1. The normalized spacial score (nSPS) is 27.1. The van der Waals surface area contributed by atoms with E-state index in [1.807, 2.05) is 6.07 Å². The second-order valence-corrected chi connectivity index (χ2v) is 10.7. The van der Waals surface area contributed by atoms with Gasteiger partial charge in [-0.1, -0.05) is 18.1 Å². The molecule has 1 saturated carbocycles. The van der Waals surface area contributed by atoms with E-state index in [0.717, 1.165) is 21.7 Å². The summed E-state index contributed by atoms with van der Waals surface area (Å²) >= 11 is 0. The van der Waals surface area contributed by atoms with Crippen LogP contribution >= 0.6 is 0 Å². The molecule has 11 nitrogen and oxygen atoms in total. The minimum absolute atomic E-state index is 0.0115. The average Bonchev–Trinajstić information content (AvgIpc) is 3.50. The van der Waals surface area contributed by atoms with E-state index in [2.05, 4.69) is 10.3 Å². The van der Waals surface area contributed by atoms with Crippen LogP contribution in [0, 0.1) is 34.6 Å². The molecule has 2 aliphatic rings. The quantitative estimate of drug-likeness (QED) is 0.267. The fourth-order valence-corrected chi connectivity index (χ4v) is 5.91. The first-order chi connectivity index (χ1) is 21.1. The number of hydrogen-bond donors (Lipinski definition) is 3. The van der Waals surface area contributed by atoms with Crippen molar-refractivity contribution in [3.8, 4) is 17.3 Å². The van der Waals surface area contributed by atoms with Gasteiger partial charge in [-0.15, -0.1) is 5.10 Å². The first-order valence-corrected chi connectivity index (χ1v) is 13.8. The molecule has 2 aromatic carbocycles. The number of methoxy groups -OCH3 is 1. The molecular formula is C29H29F4N5O6. The average molecular weight is 620 g/mol. The summed E-state index contributed by atoms with van der Waals surface area (Å²) in [4.78, 5) is 15.5. The summed E-state index contributed by atoms with van der Waals surface area (Å²) in [6.45, 7) is -0.752. The monoisotopic (exact) mass is 619 g/mol. The second-order valence-electron chi connectivity index (χ2n) is 10.7. The van der Waals surface area contributed by atoms with Crippen LogP contribution in [0.4, 0.5) is 23.2 Å². The number of ether oxygens (including phenoxy) is 2. The van der Waals surface area contributed by atoms with Gasteiger partial charge in [0.15, 0.2) is 23.6 Å². The Morgan fingerprint density at radius 1 is 1.14 bits per heavy atom. The van der Waals surface area contributed by atoms with Crippen molar-refractivity contribution in [3.63, 3.8) is 0 Å². The van der Waals surface area contributed by atoms with Gasteiger partial charge in [-0.3, -0.25) is 4.79 Å². The minimum Gasteiger partial charge on any atom is -0.394 e. The SMILES string of the molecule is COC1C(C(=O)N(c2cc(F)cc(C#N)c2)[C@H]2CCCC[C@@H]2O)OC(CO)C(O)C1n1cc(-c2cc(F)c(F)c(F)c2)nn1. The van der Waals surface area contributed by atoms with Crippen molar-refractivity contribution in [2.45, 2.75) is 68.3 Å². The number of aliphatic hydroxyl groups excluding tert-OH is 3. The minimum atomic E-state index is -1.67. The molecule has 3 aromatic rings. The maximum absolute atomic E-state index is 14.6. The number of carbonyl (C=O) groups is 1. The molecule has 2 fully saturated rings. The largest absolute Gasteiger partial charge is 0.394 e. The van der Waals surface area contributed by atoms with Gasteiger partial charge in [-0.05, 0) is 43.2 Å². The third-order valence-corrected chi connectivity index (χ3v) is 8.03. The second kappa shape index (κ2) is 13.0. The zero-order valence-electron chi connectivity index (χ0n) is 23.4. The third-order valence-electron chi connectivity index (χ3n) is 8.03. The highest BCUT2D eigenvalue weighted by atomic mass is 19.2. The molecule has 44 heavy (non-hydrogen) atoms. The predicted octanol–water partition coefficient (Wildman–Crippen LogP) is 2.39. The highest BCUT2D eigenvalue weighted by Gasteiger charge is 2.52. The van der Waals surface area contributed by atoms with E-state index >= 15 is 0 Å². The molecule has 1 aromatic heterocycles. The molecule has 0 bridgehead atoms. The highest BCUT2D eigenvalue weighted by Crippen LogP contribution is 2.37. The Balaban J connectivity index is 1.56. The van der Waals surface area contributed by atoms with E-state index in [4.69, 9.17) is 9.47 Å². The van der Waals surface area contributed by atoms with E-state index in [9.17, 15) is 42.9 Å². The van der Waals surface area contributed by atoms with Crippen molar-refractivity contribution in [1.82, 2.24) is 15.0 Å². The van der Waals surface area contributed by atoms with E-state index in [1.165, 1.54) is 19.4 Å². The van der Waals surface area contributed by atoms with Crippen LogP contribution in [0.2, 0.25) is 0 Å². The number of nitriles is 1. The number of hydrogen-bond acceptors (Lipinski definition) is 9. The molecule has 0 radical (unpaired) electrons. The summed E-state index contributed by atoms with van der Waals surface area (Å²) in [5.74, 6) is -6.18. The molecule has 3 N–H and O–H groups in total. The Hall–Kier alpha value is -3.94. The Bertz CT molecular complexity index is 1540. The maximum atomic E-state index is 14.6. The lowest BCUT2D eigenvalue weighted by Crippen LogP contribution is -2.63. The molecule has 1 aliphatic carbocycles. The zero-order valence-corrected chi connectivity index (χ0v) is 23.4. The van der Waals surface area contributed by atoms with Gasteiger partial charge < -0.3 is 29.7 Å². The number of nitrogens with zero attached hydrogens (tertiary/aromatic N) is 5. The molecule has 5 rings (SSSR count). The van der Waals surface area contributed by atoms with Crippen molar-refractivity contribution < 1.29 is 47.1 Å². The molecule has 234 valence electrons. The van der Waals surface area contributed by atoms with Gasteiger partial charge in [0.1, 0.15) is 35.9 Å². The van der Waals surface area contributed by atoms with Gasteiger partial charge in [0.05, 0.1) is 36.6 Å². The molecule has 15 heteroatoms.